The summed E-state index contributed by atoms with van der Waals surface area (Å²) in [6.45, 7) is 4.05. The van der Waals surface area contributed by atoms with E-state index in [1.54, 1.807) is 24.9 Å². The minimum atomic E-state index is 0.516. The third kappa shape index (κ3) is 5.11. The first-order valence-corrected chi connectivity index (χ1v) is 9.97. The lowest BCUT2D eigenvalue weighted by atomic mass is 9.98. The van der Waals surface area contributed by atoms with Crippen molar-refractivity contribution in [3.05, 3.63) is 48.1 Å². The molecule has 136 valence electrons. The Bertz CT molecular complexity index is 817. The van der Waals surface area contributed by atoms with Crippen molar-refractivity contribution in [2.24, 2.45) is 5.92 Å². The zero-order valence-corrected chi connectivity index (χ0v) is 16.2. The largest absolute Gasteiger partial charge is 0.421 e. The van der Waals surface area contributed by atoms with Crippen LogP contribution < -0.4 is 0 Å². The lowest BCUT2D eigenvalue weighted by molar-refractivity contribution is 0.484. The molecule has 3 aromatic rings. The van der Waals surface area contributed by atoms with Crippen LogP contribution in [0.25, 0.3) is 11.5 Å². The van der Waals surface area contributed by atoms with Crippen LogP contribution >= 0.6 is 11.8 Å². The van der Waals surface area contributed by atoms with Gasteiger partial charge in [0.15, 0.2) is 0 Å². The highest BCUT2D eigenvalue weighted by Gasteiger charge is 2.08. The monoisotopic (exact) mass is 369 g/mol. The maximum atomic E-state index is 5.42. The first kappa shape index (κ1) is 18.5. The number of pyridine rings is 1. The van der Waals surface area contributed by atoms with E-state index in [2.05, 4.69) is 32.1 Å². The van der Waals surface area contributed by atoms with Crippen LogP contribution in [0.4, 0.5) is 0 Å². The zero-order chi connectivity index (χ0) is 18.4. The summed E-state index contributed by atoms with van der Waals surface area (Å²) in [5.41, 5.74) is 1.94. The van der Waals surface area contributed by atoms with Gasteiger partial charge >= 0.3 is 0 Å². The number of hydrogen-bond acceptors (Lipinski definition) is 7. The molecular weight excluding hydrogens is 346 g/mol. The van der Waals surface area contributed by atoms with Crippen molar-refractivity contribution in [1.82, 2.24) is 25.1 Å². The SMILES string of the molecule is CSc1cnc(CCC(C)CCc2ccc(-c3nnc(C)o3)cn2)nc1. The second-order valence-electron chi connectivity index (χ2n) is 6.39. The standard InChI is InChI=1S/C19H23N5OS/c1-13(5-9-18-21-11-17(26-3)12-22-18)4-7-16-8-6-15(10-20-16)19-24-23-14(2)25-19/h6,8,10-13H,4-5,7,9H2,1-3H3. The first-order chi connectivity index (χ1) is 12.6. The van der Waals surface area contributed by atoms with E-state index in [0.717, 1.165) is 47.7 Å². The van der Waals surface area contributed by atoms with Gasteiger partial charge < -0.3 is 4.42 Å². The maximum Gasteiger partial charge on any atom is 0.249 e. The number of aromatic nitrogens is 5. The zero-order valence-electron chi connectivity index (χ0n) is 15.3. The quantitative estimate of drug-likeness (QED) is 0.552. The topological polar surface area (TPSA) is 77.6 Å². The normalized spacial score (nSPS) is 12.3. The average molecular weight is 369 g/mol. The van der Waals surface area contributed by atoms with E-state index < -0.39 is 0 Å². The molecule has 0 saturated heterocycles. The molecular formula is C19H23N5OS. The molecule has 0 amide bonds. The molecule has 1 atom stereocenters. The molecule has 0 N–H and O–H groups in total. The molecule has 0 bridgehead atoms. The predicted octanol–water partition coefficient (Wildman–Crippen LogP) is 4.15. The van der Waals surface area contributed by atoms with Gasteiger partial charge in [0.2, 0.25) is 11.8 Å². The highest BCUT2D eigenvalue weighted by atomic mass is 32.2. The third-order valence-electron chi connectivity index (χ3n) is 4.27. The fraction of sp³-hybridized carbons (Fsp3) is 0.421. The molecule has 0 aliphatic carbocycles. The van der Waals surface area contributed by atoms with E-state index in [1.165, 1.54) is 0 Å². The molecule has 0 fully saturated rings. The van der Waals surface area contributed by atoms with Crippen LogP contribution in [-0.4, -0.2) is 31.4 Å². The van der Waals surface area contributed by atoms with Crippen molar-refractivity contribution >= 4 is 11.8 Å². The Balaban J connectivity index is 1.45. The Kier molecular flexibility index (Phi) is 6.33. The second kappa shape index (κ2) is 8.89. The molecule has 3 aromatic heterocycles. The molecule has 0 aliphatic heterocycles. The highest BCUT2D eigenvalue weighted by Crippen LogP contribution is 2.19. The van der Waals surface area contributed by atoms with E-state index in [-0.39, 0.29) is 0 Å². The number of aryl methyl sites for hydroxylation is 3. The van der Waals surface area contributed by atoms with Gasteiger partial charge in [-0.1, -0.05) is 6.92 Å². The van der Waals surface area contributed by atoms with E-state index in [1.807, 2.05) is 30.8 Å². The highest BCUT2D eigenvalue weighted by molar-refractivity contribution is 7.98. The van der Waals surface area contributed by atoms with Crippen LogP contribution in [0.15, 0.2) is 40.0 Å². The van der Waals surface area contributed by atoms with Gasteiger partial charge in [0.05, 0.1) is 5.56 Å². The Morgan fingerprint density at radius 2 is 1.77 bits per heavy atom. The Labute approximate surface area is 157 Å². The Hall–Kier alpha value is -2.28. The fourth-order valence-corrected chi connectivity index (χ4v) is 2.92. The van der Waals surface area contributed by atoms with Gasteiger partial charge in [0, 0.05) is 42.5 Å². The number of rotatable bonds is 8. The molecule has 0 spiro atoms. The molecule has 26 heavy (non-hydrogen) atoms. The molecule has 0 aliphatic rings. The van der Waals surface area contributed by atoms with E-state index in [0.29, 0.717) is 17.7 Å². The second-order valence-corrected chi connectivity index (χ2v) is 7.27. The molecule has 0 saturated carbocycles. The lowest BCUT2D eigenvalue weighted by Crippen LogP contribution is -2.03. The summed E-state index contributed by atoms with van der Waals surface area (Å²) >= 11 is 1.66. The van der Waals surface area contributed by atoms with Gasteiger partial charge in [-0.2, -0.15) is 0 Å². The van der Waals surface area contributed by atoms with Gasteiger partial charge in [-0.15, -0.1) is 22.0 Å². The lowest BCUT2D eigenvalue weighted by Gasteiger charge is -2.10. The van der Waals surface area contributed by atoms with Crippen molar-refractivity contribution in [1.29, 1.82) is 0 Å². The molecule has 1 unspecified atom stereocenters. The van der Waals surface area contributed by atoms with Gasteiger partial charge in [0.1, 0.15) is 5.82 Å². The van der Waals surface area contributed by atoms with Crippen LogP contribution in [0, 0.1) is 12.8 Å². The summed E-state index contributed by atoms with van der Waals surface area (Å²) in [7, 11) is 0. The molecule has 0 aromatic carbocycles. The van der Waals surface area contributed by atoms with Crippen molar-refractivity contribution in [3.63, 3.8) is 0 Å². The maximum absolute atomic E-state index is 5.42. The molecule has 0 radical (unpaired) electrons. The van der Waals surface area contributed by atoms with Crippen molar-refractivity contribution < 1.29 is 4.42 Å². The summed E-state index contributed by atoms with van der Waals surface area (Å²) in [6, 6.07) is 4.02. The molecule has 6 nitrogen and oxygen atoms in total. The Morgan fingerprint density at radius 3 is 2.38 bits per heavy atom. The van der Waals surface area contributed by atoms with Crippen LogP contribution in [0.5, 0.6) is 0 Å². The number of thioether (sulfide) groups is 1. The minimum Gasteiger partial charge on any atom is -0.421 e. The minimum absolute atomic E-state index is 0.516. The van der Waals surface area contributed by atoms with Gasteiger partial charge in [-0.25, -0.2) is 9.97 Å². The van der Waals surface area contributed by atoms with E-state index in [9.17, 15) is 0 Å². The number of nitrogens with zero attached hydrogens (tertiary/aromatic N) is 5. The summed E-state index contributed by atoms with van der Waals surface area (Å²) in [5.74, 6) is 2.60. The third-order valence-corrected chi connectivity index (χ3v) is 4.95. The molecule has 3 rings (SSSR count). The molecule has 3 heterocycles. The van der Waals surface area contributed by atoms with Crippen molar-refractivity contribution in [3.8, 4) is 11.5 Å². The Morgan fingerprint density at radius 1 is 1.00 bits per heavy atom. The average Bonchev–Trinajstić information content (AvgIpc) is 3.12. The fourth-order valence-electron chi connectivity index (χ4n) is 2.60. The predicted molar refractivity (Wildman–Crippen MR) is 102 cm³/mol. The van der Waals surface area contributed by atoms with Gasteiger partial charge in [-0.05, 0) is 43.6 Å². The van der Waals surface area contributed by atoms with Gasteiger partial charge in [0.25, 0.3) is 0 Å². The van der Waals surface area contributed by atoms with E-state index >= 15 is 0 Å². The van der Waals surface area contributed by atoms with Crippen LogP contribution in [-0.2, 0) is 12.8 Å². The van der Waals surface area contributed by atoms with Gasteiger partial charge in [-0.3, -0.25) is 4.98 Å². The van der Waals surface area contributed by atoms with Crippen LogP contribution in [0.1, 0.15) is 37.2 Å². The van der Waals surface area contributed by atoms with E-state index in [4.69, 9.17) is 4.42 Å². The summed E-state index contributed by atoms with van der Waals surface area (Å²) in [4.78, 5) is 14.5. The van der Waals surface area contributed by atoms with Crippen LogP contribution in [0.2, 0.25) is 0 Å². The van der Waals surface area contributed by atoms with Crippen LogP contribution in [0.3, 0.4) is 0 Å². The van der Waals surface area contributed by atoms with Crippen molar-refractivity contribution in [2.75, 3.05) is 6.26 Å². The smallest absolute Gasteiger partial charge is 0.249 e. The molecule has 7 heteroatoms. The van der Waals surface area contributed by atoms with Crippen molar-refractivity contribution in [2.45, 2.75) is 44.4 Å². The summed E-state index contributed by atoms with van der Waals surface area (Å²) in [5, 5.41) is 7.86. The summed E-state index contributed by atoms with van der Waals surface area (Å²) in [6.07, 6.45) is 11.7. The number of hydrogen-bond donors (Lipinski definition) is 0. The summed E-state index contributed by atoms with van der Waals surface area (Å²) < 4.78 is 5.42. The first-order valence-electron chi connectivity index (χ1n) is 8.74.